The number of aromatic nitrogens is 2. The maximum atomic E-state index is 13.3. The van der Waals surface area contributed by atoms with Crippen molar-refractivity contribution in [2.24, 2.45) is 11.3 Å². The maximum absolute atomic E-state index is 13.3. The number of piperidine rings is 2. The number of benzene rings is 3. The topological polar surface area (TPSA) is 133 Å². The predicted molar refractivity (Wildman–Crippen MR) is 222 cm³/mol. The zero-order valence-corrected chi connectivity index (χ0v) is 33.9. The summed E-state index contributed by atoms with van der Waals surface area (Å²) in [5, 5.41) is 2.80. The molecule has 4 amide bonds. The van der Waals surface area contributed by atoms with Crippen LogP contribution in [0.2, 0.25) is 5.02 Å². The molecule has 13 nitrogen and oxygen atoms in total. The van der Waals surface area contributed by atoms with Crippen LogP contribution in [0.3, 0.4) is 0 Å². The van der Waals surface area contributed by atoms with Crippen LogP contribution < -0.4 is 19.9 Å². The van der Waals surface area contributed by atoms with Gasteiger partial charge in [0.25, 0.3) is 11.8 Å². The van der Waals surface area contributed by atoms with Crippen LogP contribution in [0.1, 0.15) is 77.1 Å². The fraction of sp³-hybridized carbons (Fsp3) is 0.400. The molecule has 0 aliphatic carbocycles. The van der Waals surface area contributed by atoms with Crippen molar-refractivity contribution in [3.05, 3.63) is 117 Å². The summed E-state index contributed by atoms with van der Waals surface area (Å²) < 4.78 is 6.14. The summed E-state index contributed by atoms with van der Waals surface area (Å²) >= 11 is 6.31. The van der Waals surface area contributed by atoms with Crippen LogP contribution in [0, 0.1) is 17.9 Å². The molecule has 4 saturated heterocycles. The number of anilines is 2. The van der Waals surface area contributed by atoms with Crippen molar-refractivity contribution >= 4 is 52.6 Å². The highest BCUT2D eigenvalue weighted by Crippen LogP contribution is 2.42. The summed E-state index contributed by atoms with van der Waals surface area (Å²) in [6.07, 6.45) is 4.32. The molecule has 302 valence electrons. The van der Waals surface area contributed by atoms with Crippen molar-refractivity contribution in [2.45, 2.75) is 57.6 Å². The molecule has 14 heteroatoms. The van der Waals surface area contributed by atoms with Gasteiger partial charge in [-0.2, -0.15) is 0 Å². The van der Waals surface area contributed by atoms with Crippen LogP contribution in [0.15, 0.2) is 72.9 Å². The number of hydrogen-bond donors (Lipinski definition) is 1. The molecule has 1 N–H and O–H groups in total. The van der Waals surface area contributed by atoms with E-state index >= 15 is 0 Å². The number of ether oxygens (including phenoxy) is 1. The molecule has 3 aromatic carbocycles. The third kappa shape index (κ3) is 7.40. The Hall–Kier alpha value is -5.84. The Bertz CT molecular complexity index is 2390. The Labute approximate surface area is 348 Å². The number of rotatable bonds is 10. The smallest absolute Gasteiger partial charge is 0.262 e. The number of imide groups is 2. The molecule has 0 bridgehead atoms. The van der Waals surface area contributed by atoms with Crippen molar-refractivity contribution < 1.29 is 23.9 Å². The maximum Gasteiger partial charge on any atom is 0.262 e. The zero-order valence-electron chi connectivity index (χ0n) is 33.1. The van der Waals surface area contributed by atoms with Gasteiger partial charge in [0, 0.05) is 72.8 Å². The molecule has 0 saturated carbocycles. The Balaban J connectivity index is 0.722. The van der Waals surface area contributed by atoms with E-state index in [1.165, 1.54) is 0 Å². The molecule has 59 heavy (non-hydrogen) atoms. The molecule has 0 radical (unpaired) electrons. The molecule has 1 atom stereocenters. The standard InChI is InChI=1S/C45H45ClN8O5/c1-44(2,30-18-31(46)20-33(19-30)47-3)29-4-7-35(8-5-29)59-25-32-12-15-48-43(49-32)53-26-45(27-53)13-16-51(17-14-45)22-28-23-52(24-28)34-6-9-36-37(21-34)42(58)54(41(36)57)38-10-11-39(55)50-40(38)56/h4-9,12,15,18-21,28,38H,10-11,13-14,16-17,22-27H2,1-2H3,(H,50,55,56). The van der Waals surface area contributed by atoms with Gasteiger partial charge in [-0.15, -0.1) is 0 Å². The molecule has 1 spiro atoms. The first-order valence-corrected chi connectivity index (χ1v) is 20.6. The molecule has 1 unspecified atom stereocenters. The zero-order chi connectivity index (χ0) is 41.1. The molecule has 6 heterocycles. The molecule has 4 aromatic rings. The summed E-state index contributed by atoms with van der Waals surface area (Å²) in [6, 6.07) is 19.8. The monoisotopic (exact) mass is 812 g/mol. The summed E-state index contributed by atoms with van der Waals surface area (Å²) in [5.41, 5.74) is 4.89. The molecule has 4 fully saturated rings. The van der Waals surface area contributed by atoms with Crippen LogP contribution >= 0.6 is 11.6 Å². The summed E-state index contributed by atoms with van der Waals surface area (Å²) in [6.45, 7) is 18.8. The second-order valence-corrected chi connectivity index (χ2v) is 17.6. The molecular formula is C45H45ClN8O5. The first-order valence-electron chi connectivity index (χ1n) is 20.2. The SMILES string of the molecule is [C-]#[N+]c1cc(Cl)cc(C(C)(C)c2ccc(OCc3ccnc(N4CC5(CCN(CC6CN(c7ccc8c(c7)C(=O)N(C7CCC(=O)NC7=O)C8=O)C6)CC5)C4)n3)cc2)c1. The van der Waals surface area contributed by atoms with E-state index < -0.39 is 23.8 Å². The van der Waals surface area contributed by atoms with Crippen molar-refractivity contribution in [2.75, 3.05) is 55.6 Å². The van der Waals surface area contributed by atoms with Gasteiger partial charge in [-0.25, -0.2) is 14.8 Å². The highest BCUT2D eigenvalue weighted by Gasteiger charge is 2.47. The minimum absolute atomic E-state index is 0.0975. The summed E-state index contributed by atoms with van der Waals surface area (Å²) in [4.78, 5) is 71.5. The van der Waals surface area contributed by atoms with E-state index in [0.717, 1.165) is 97.8 Å². The van der Waals surface area contributed by atoms with Crippen LogP contribution in [0.25, 0.3) is 4.85 Å². The number of hydrogen-bond acceptors (Lipinski definition) is 10. The Morgan fingerprint density at radius 1 is 0.915 bits per heavy atom. The van der Waals surface area contributed by atoms with Gasteiger partial charge in [-0.3, -0.25) is 29.4 Å². The van der Waals surface area contributed by atoms with Crippen LogP contribution in [0.5, 0.6) is 5.75 Å². The number of likely N-dealkylation sites (tertiary alicyclic amines) is 1. The lowest BCUT2D eigenvalue weighted by atomic mass is 9.72. The van der Waals surface area contributed by atoms with Crippen LogP contribution in [-0.2, 0) is 21.6 Å². The highest BCUT2D eigenvalue weighted by atomic mass is 35.5. The molecule has 1 aromatic heterocycles. The van der Waals surface area contributed by atoms with Crippen molar-refractivity contribution in [1.82, 2.24) is 25.1 Å². The van der Waals surface area contributed by atoms with Crippen LogP contribution in [-0.4, -0.2) is 95.3 Å². The van der Waals surface area contributed by atoms with E-state index in [1.807, 2.05) is 36.4 Å². The summed E-state index contributed by atoms with van der Waals surface area (Å²) in [7, 11) is 0. The normalized spacial score (nSPS) is 20.6. The lowest BCUT2D eigenvalue weighted by molar-refractivity contribution is -0.136. The fourth-order valence-corrected chi connectivity index (χ4v) is 9.49. The lowest BCUT2D eigenvalue weighted by Gasteiger charge is -2.54. The molecule has 5 aliphatic rings. The Kier molecular flexibility index (Phi) is 9.88. The average molecular weight is 813 g/mol. The van der Waals surface area contributed by atoms with E-state index in [9.17, 15) is 19.2 Å². The number of halogens is 1. The molecule has 9 rings (SSSR count). The molecular weight excluding hydrogens is 768 g/mol. The number of amides is 4. The number of nitrogens with zero attached hydrogens (tertiary/aromatic N) is 7. The second kappa shape index (κ2) is 15.1. The van der Waals surface area contributed by atoms with E-state index in [1.54, 1.807) is 24.4 Å². The van der Waals surface area contributed by atoms with Gasteiger partial charge >= 0.3 is 0 Å². The van der Waals surface area contributed by atoms with Crippen molar-refractivity contribution in [1.29, 1.82) is 0 Å². The minimum Gasteiger partial charge on any atom is -0.487 e. The first kappa shape index (κ1) is 38.7. The predicted octanol–water partition coefficient (Wildman–Crippen LogP) is 6.03. The van der Waals surface area contributed by atoms with Gasteiger partial charge in [-0.1, -0.05) is 43.6 Å². The van der Waals surface area contributed by atoms with E-state index in [4.69, 9.17) is 27.9 Å². The van der Waals surface area contributed by atoms with Gasteiger partial charge in [0.1, 0.15) is 18.4 Å². The fourth-order valence-electron chi connectivity index (χ4n) is 9.26. The molecule has 5 aliphatic heterocycles. The largest absolute Gasteiger partial charge is 0.487 e. The number of carbonyl (C=O) groups is 4. The Morgan fingerprint density at radius 2 is 1.66 bits per heavy atom. The van der Waals surface area contributed by atoms with Gasteiger partial charge < -0.3 is 19.4 Å². The van der Waals surface area contributed by atoms with Crippen molar-refractivity contribution in [3.63, 3.8) is 0 Å². The third-order valence-corrected chi connectivity index (χ3v) is 13.1. The lowest BCUT2D eigenvalue weighted by Crippen LogP contribution is -2.62. The quantitative estimate of drug-likeness (QED) is 0.150. The highest BCUT2D eigenvalue weighted by molar-refractivity contribution is 6.31. The number of carbonyl (C=O) groups excluding carboxylic acids is 4. The summed E-state index contributed by atoms with van der Waals surface area (Å²) in [5.74, 6) is 0.0636. The van der Waals surface area contributed by atoms with Crippen LogP contribution in [0.4, 0.5) is 17.3 Å². The Morgan fingerprint density at radius 3 is 2.39 bits per heavy atom. The van der Waals surface area contributed by atoms with Crippen molar-refractivity contribution in [3.8, 4) is 5.75 Å². The van der Waals surface area contributed by atoms with E-state index in [2.05, 4.69) is 55.8 Å². The van der Waals surface area contributed by atoms with E-state index in [-0.39, 0.29) is 29.6 Å². The minimum atomic E-state index is -0.964. The van der Waals surface area contributed by atoms with Gasteiger partial charge in [0.2, 0.25) is 17.8 Å². The van der Waals surface area contributed by atoms with Gasteiger partial charge in [-0.05, 0) is 92.0 Å². The number of nitrogens with one attached hydrogen (secondary N) is 1. The van der Waals surface area contributed by atoms with Gasteiger partial charge in [0.05, 0.1) is 23.4 Å². The first-order chi connectivity index (χ1) is 28.4. The van der Waals surface area contributed by atoms with Gasteiger partial charge in [0.15, 0.2) is 5.69 Å². The number of fused-ring (bicyclic) bond motifs is 1. The second-order valence-electron chi connectivity index (χ2n) is 17.2. The van der Waals surface area contributed by atoms with E-state index in [0.29, 0.717) is 34.4 Å². The third-order valence-electron chi connectivity index (χ3n) is 12.9. The average Bonchev–Trinajstić information content (AvgIpc) is 3.45.